The van der Waals surface area contributed by atoms with Gasteiger partial charge in [0.2, 0.25) is 0 Å². The summed E-state index contributed by atoms with van der Waals surface area (Å²) in [5, 5.41) is 0.576. The van der Waals surface area contributed by atoms with Crippen LogP contribution in [0.1, 0.15) is 25.7 Å². The number of nitrogen functional groups attached to an aromatic ring is 1. The van der Waals surface area contributed by atoms with Gasteiger partial charge in [-0.15, -0.1) is 0 Å². The van der Waals surface area contributed by atoms with E-state index in [1.54, 1.807) is 18.2 Å². The van der Waals surface area contributed by atoms with Crippen LogP contribution >= 0.6 is 11.6 Å². The van der Waals surface area contributed by atoms with E-state index in [9.17, 15) is 4.21 Å². The third-order valence-electron chi connectivity index (χ3n) is 3.10. The second kappa shape index (κ2) is 6.55. The molecule has 1 heterocycles. The minimum atomic E-state index is -1.07. The van der Waals surface area contributed by atoms with Crippen LogP contribution in [0.3, 0.4) is 0 Å². The third-order valence-corrected chi connectivity index (χ3v) is 4.84. The Hall–Kier alpha value is -0.580. The van der Waals surface area contributed by atoms with Crippen molar-refractivity contribution in [1.29, 1.82) is 0 Å². The molecule has 0 aromatic heterocycles. The van der Waals surface area contributed by atoms with Gasteiger partial charge in [-0.3, -0.25) is 4.21 Å². The molecule has 3 nitrogen and oxygen atoms in total. The zero-order valence-corrected chi connectivity index (χ0v) is 11.8. The Kier molecular flexibility index (Phi) is 5.03. The Labute approximate surface area is 115 Å². The maximum absolute atomic E-state index is 12.1. The first-order valence-corrected chi connectivity index (χ1v) is 7.91. The molecule has 100 valence electrons. The number of rotatable bonds is 5. The van der Waals surface area contributed by atoms with Crippen molar-refractivity contribution in [3.63, 3.8) is 0 Å². The van der Waals surface area contributed by atoms with E-state index in [1.165, 1.54) is 0 Å². The van der Waals surface area contributed by atoms with Crippen LogP contribution in [0.15, 0.2) is 23.1 Å². The molecule has 18 heavy (non-hydrogen) atoms. The first-order chi connectivity index (χ1) is 8.66. The second-order valence-electron chi connectivity index (χ2n) is 4.51. The molecule has 1 saturated heterocycles. The molecule has 5 heteroatoms. The molecule has 0 aliphatic carbocycles. The number of benzene rings is 1. The Morgan fingerprint density at radius 3 is 3.06 bits per heavy atom. The summed E-state index contributed by atoms with van der Waals surface area (Å²) in [6.07, 6.45) is 4.51. The van der Waals surface area contributed by atoms with E-state index in [0.717, 1.165) is 32.3 Å². The lowest BCUT2D eigenvalue weighted by Gasteiger charge is -2.09. The average molecular weight is 288 g/mol. The molecule has 0 spiro atoms. The second-order valence-corrected chi connectivity index (χ2v) is 6.48. The van der Waals surface area contributed by atoms with Gasteiger partial charge in [-0.2, -0.15) is 0 Å². The van der Waals surface area contributed by atoms with Gasteiger partial charge in [-0.1, -0.05) is 11.6 Å². The molecule has 1 aliphatic rings. The summed E-state index contributed by atoms with van der Waals surface area (Å²) in [6.45, 7) is 0.870. The minimum absolute atomic E-state index is 0.360. The summed E-state index contributed by atoms with van der Waals surface area (Å²) in [4.78, 5) is 0.648. The molecule has 1 aliphatic heterocycles. The summed E-state index contributed by atoms with van der Waals surface area (Å²) < 4.78 is 17.7. The molecule has 2 atom stereocenters. The van der Waals surface area contributed by atoms with Crippen LogP contribution < -0.4 is 5.73 Å². The summed E-state index contributed by atoms with van der Waals surface area (Å²) >= 11 is 5.89. The number of anilines is 1. The SMILES string of the molecule is Nc1ccc(Cl)cc1S(=O)CCCC1CCCO1. The molecule has 2 unspecified atom stereocenters. The Morgan fingerprint density at radius 2 is 2.33 bits per heavy atom. The third kappa shape index (κ3) is 3.70. The Bertz CT molecular complexity index is 433. The Balaban J connectivity index is 1.85. The van der Waals surface area contributed by atoms with Crippen LogP contribution in [0.4, 0.5) is 5.69 Å². The van der Waals surface area contributed by atoms with Crippen LogP contribution in [-0.2, 0) is 15.5 Å². The maximum Gasteiger partial charge on any atom is 0.0632 e. The average Bonchev–Trinajstić information content (AvgIpc) is 2.85. The maximum atomic E-state index is 12.1. The normalized spacial score (nSPS) is 21.1. The number of ether oxygens (including phenoxy) is 1. The van der Waals surface area contributed by atoms with Crippen molar-refractivity contribution < 1.29 is 8.95 Å². The fraction of sp³-hybridized carbons (Fsp3) is 0.538. The molecule has 2 rings (SSSR count). The number of halogens is 1. The van der Waals surface area contributed by atoms with Gasteiger partial charge in [0, 0.05) is 23.1 Å². The van der Waals surface area contributed by atoms with Crippen molar-refractivity contribution in [3.05, 3.63) is 23.2 Å². The molecule has 0 saturated carbocycles. The Morgan fingerprint density at radius 1 is 1.50 bits per heavy atom. The number of hydrogen-bond acceptors (Lipinski definition) is 3. The van der Waals surface area contributed by atoms with Crippen molar-refractivity contribution in [2.75, 3.05) is 18.1 Å². The first-order valence-electron chi connectivity index (χ1n) is 6.22. The highest BCUT2D eigenvalue weighted by molar-refractivity contribution is 7.85. The van der Waals surface area contributed by atoms with Gasteiger partial charge in [-0.25, -0.2) is 0 Å². The largest absolute Gasteiger partial charge is 0.398 e. The molecule has 1 aromatic carbocycles. The molecule has 0 amide bonds. The van der Waals surface area contributed by atoms with E-state index in [4.69, 9.17) is 22.1 Å². The van der Waals surface area contributed by atoms with Gasteiger partial charge in [0.1, 0.15) is 0 Å². The van der Waals surface area contributed by atoms with Crippen molar-refractivity contribution >= 4 is 28.1 Å². The minimum Gasteiger partial charge on any atom is -0.398 e. The van der Waals surface area contributed by atoms with Gasteiger partial charge < -0.3 is 10.5 Å². The standard InChI is InChI=1S/C13H18ClNO2S/c14-10-5-6-12(15)13(9-10)18(16)8-2-4-11-3-1-7-17-11/h5-6,9,11H,1-4,7-8,15H2. The monoisotopic (exact) mass is 287 g/mol. The highest BCUT2D eigenvalue weighted by atomic mass is 35.5. The molecule has 0 radical (unpaired) electrons. The van der Waals surface area contributed by atoms with Crippen LogP contribution in [0.25, 0.3) is 0 Å². The predicted molar refractivity (Wildman–Crippen MR) is 75.3 cm³/mol. The molecular weight excluding hydrogens is 270 g/mol. The summed E-state index contributed by atoms with van der Waals surface area (Å²) in [6, 6.07) is 5.11. The van der Waals surface area contributed by atoms with Crippen molar-refractivity contribution in [1.82, 2.24) is 0 Å². The molecule has 0 bridgehead atoms. The zero-order chi connectivity index (χ0) is 13.0. The molecular formula is C13H18ClNO2S. The van der Waals surface area contributed by atoms with E-state index in [1.807, 2.05) is 0 Å². The smallest absolute Gasteiger partial charge is 0.0632 e. The van der Waals surface area contributed by atoms with Gasteiger partial charge in [0.25, 0.3) is 0 Å². The van der Waals surface area contributed by atoms with Crippen LogP contribution in [0.5, 0.6) is 0 Å². The quantitative estimate of drug-likeness (QED) is 0.847. The fourth-order valence-corrected chi connectivity index (χ4v) is 3.60. The van der Waals surface area contributed by atoms with Gasteiger partial charge in [-0.05, 0) is 43.9 Å². The number of hydrogen-bond donors (Lipinski definition) is 1. The van der Waals surface area contributed by atoms with E-state index in [2.05, 4.69) is 0 Å². The molecule has 1 fully saturated rings. The van der Waals surface area contributed by atoms with Crippen molar-refractivity contribution in [3.8, 4) is 0 Å². The van der Waals surface area contributed by atoms with E-state index in [-0.39, 0.29) is 0 Å². The highest BCUT2D eigenvalue weighted by Crippen LogP contribution is 2.23. The lowest BCUT2D eigenvalue weighted by Crippen LogP contribution is -2.08. The van der Waals surface area contributed by atoms with E-state index >= 15 is 0 Å². The van der Waals surface area contributed by atoms with Crippen molar-refractivity contribution in [2.24, 2.45) is 0 Å². The number of nitrogens with two attached hydrogens (primary N) is 1. The van der Waals surface area contributed by atoms with Crippen LogP contribution in [0.2, 0.25) is 5.02 Å². The van der Waals surface area contributed by atoms with E-state index < -0.39 is 10.8 Å². The lowest BCUT2D eigenvalue weighted by atomic mass is 10.1. The first kappa shape index (κ1) is 13.8. The highest BCUT2D eigenvalue weighted by Gasteiger charge is 2.16. The summed E-state index contributed by atoms with van der Waals surface area (Å²) in [7, 11) is -1.07. The zero-order valence-electron chi connectivity index (χ0n) is 10.2. The van der Waals surface area contributed by atoms with Crippen LogP contribution in [-0.4, -0.2) is 22.7 Å². The summed E-state index contributed by atoms with van der Waals surface area (Å²) in [5.74, 6) is 0.615. The fourth-order valence-electron chi connectivity index (χ4n) is 2.13. The van der Waals surface area contributed by atoms with Gasteiger partial charge in [0.05, 0.1) is 21.8 Å². The lowest BCUT2D eigenvalue weighted by molar-refractivity contribution is 0.104. The van der Waals surface area contributed by atoms with Gasteiger partial charge in [0.15, 0.2) is 0 Å². The molecule has 1 aromatic rings. The predicted octanol–water partition coefficient (Wildman–Crippen LogP) is 2.99. The van der Waals surface area contributed by atoms with Gasteiger partial charge >= 0.3 is 0 Å². The summed E-state index contributed by atoms with van der Waals surface area (Å²) in [5.41, 5.74) is 6.36. The topological polar surface area (TPSA) is 52.3 Å². The molecule has 2 N–H and O–H groups in total. The van der Waals surface area contributed by atoms with Crippen molar-refractivity contribution in [2.45, 2.75) is 36.7 Å². The van der Waals surface area contributed by atoms with E-state index in [0.29, 0.717) is 27.5 Å². The van der Waals surface area contributed by atoms with Crippen LogP contribution in [0, 0.1) is 0 Å².